The van der Waals surface area contributed by atoms with Crippen LogP contribution in [0.25, 0.3) is 82.5 Å². The Balaban J connectivity index is 1.19. The third-order valence-corrected chi connectivity index (χ3v) is 18.3. The van der Waals surface area contributed by atoms with Crippen molar-refractivity contribution in [1.82, 2.24) is 13.7 Å². The first-order valence-corrected chi connectivity index (χ1v) is 24.1. The number of benzene rings is 10. The highest BCUT2D eigenvalue weighted by Gasteiger charge is 2.41. The molecule has 0 spiro atoms. The lowest BCUT2D eigenvalue weighted by atomic mass is 10.1. The summed E-state index contributed by atoms with van der Waals surface area (Å²) in [4.78, 5) is 0. The lowest BCUT2D eigenvalue weighted by molar-refractivity contribution is 1.13. The van der Waals surface area contributed by atoms with Crippen molar-refractivity contribution in [3.05, 3.63) is 249 Å². The Morgan fingerprint density at radius 3 is 1.27 bits per heavy atom. The molecule has 3 aromatic heterocycles. The Kier molecular flexibility index (Phi) is 8.23. The second-order valence-electron chi connectivity index (χ2n) is 16.8. The van der Waals surface area contributed by atoms with Gasteiger partial charge in [-0.2, -0.15) is 0 Å². The summed E-state index contributed by atoms with van der Waals surface area (Å²) >= 11 is 0. The minimum Gasteiger partial charge on any atom is -0.309 e. The molecule has 0 aliphatic heterocycles. The van der Waals surface area contributed by atoms with Crippen molar-refractivity contribution < 1.29 is 0 Å². The Bertz CT molecular complexity index is 3730. The first-order valence-electron chi connectivity index (χ1n) is 22.1. The normalized spacial score (nSPS) is 12.1. The molecule has 13 rings (SSSR count). The SMILES string of the molecule is c1ccc(-n2c3ccccc3c3cc(-n4c5cc([Si](c6ccccc6)(c6ccccc6)c6ccccc6)ccc5c5cccc(-n6c7ccccc7c7ccccc76)c54)ccc32)cc1. The molecule has 0 aliphatic carbocycles. The summed E-state index contributed by atoms with van der Waals surface area (Å²) < 4.78 is 7.46. The van der Waals surface area contributed by atoms with Gasteiger partial charge in [-0.15, -0.1) is 0 Å². The van der Waals surface area contributed by atoms with Crippen LogP contribution in [-0.2, 0) is 0 Å². The molecule has 0 saturated carbocycles. The average molecular weight is 832 g/mol. The van der Waals surface area contributed by atoms with Crippen LogP contribution in [0.1, 0.15) is 0 Å². The Hall–Kier alpha value is -8.18. The van der Waals surface area contributed by atoms with E-state index in [2.05, 4.69) is 262 Å². The smallest absolute Gasteiger partial charge is 0.179 e. The van der Waals surface area contributed by atoms with Gasteiger partial charge in [-0.05, 0) is 81.4 Å². The van der Waals surface area contributed by atoms with Crippen molar-refractivity contribution in [3.63, 3.8) is 0 Å². The van der Waals surface area contributed by atoms with Gasteiger partial charge in [-0.25, -0.2) is 0 Å². The summed E-state index contributed by atoms with van der Waals surface area (Å²) in [6, 6.07) is 92.4. The minimum absolute atomic E-state index is 1.13. The van der Waals surface area contributed by atoms with Gasteiger partial charge >= 0.3 is 0 Å². The summed E-state index contributed by atoms with van der Waals surface area (Å²) in [7, 11) is -2.87. The van der Waals surface area contributed by atoms with Gasteiger partial charge in [-0.1, -0.05) is 188 Å². The van der Waals surface area contributed by atoms with Crippen LogP contribution in [0.15, 0.2) is 249 Å². The molecule has 0 saturated heterocycles. The van der Waals surface area contributed by atoms with E-state index in [0.717, 1.165) is 17.1 Å². The maximum absolute atomic E-state index is 2.87. The summed E-state index contributed by atoms with van der Waals surface area (Å²) in [6.07, 6.45) is 0. The maximum Gasteiger partial charge on any atom is 0.179 e. The molecule has 10 aromatic carbocycles. The Labute approximate surface area is 372 Å². The monoisotopic (exact) mass is 831 g/mol. The molecule has 0 bridgehead atoms. The predicted molar refractivity (Wildman–Crippen MR) is 273 cm³/mol. The van der Waals surface area contributed by atoms with Crippen molar-refractivity contribution in [2.45, 2.75) is 0 Å². The summed E-state index contributed by atoms with van der Waals surface area (Å²) in [6.45, 7) is 0. The van der Waals surface area contributed by atoms with E-state index in [1.165, 1.54) is 86.2 Å². The molecule has 3 heterocycles. The number of hydrogen-bond donors (Lipinski definition) is 0. The summed E-state index contributed by atoms with van der Waals surface area (Å²) in [5.74, 6) is 0. The number of hydrogen-bond acceptors (Lipinski definition) is 0. The van der Waals surface area contributed by atoms with Crippen molar-refractivity contribution in [3.8, 4) is 17.1 Å². The van der Waals surface area contributed by atoms with Gasteiger partial charge in [0.25, 0.3) is 0 Å². The van der Waals surface area contributed by atoms with Crippen molar-refractivity contribution in [2.75, 3.05) is 0 Å². The number of fused-ring (bicyclic) bond motifs is 9. The second-order valence-corrected chi connectivity index (χ2v) is 20.7. The van der Waals surface area contributed by atoms with E-state index in [0.29, 0.717) is 0 Å². The van der Waals surface area contributed by atoms with E-state index >= 15 is 0 Å². The molecule has 0 N–H and O–H groups in total. The largest absolute Gasteiger partial charge is 0.309 e. The zero-order valence-corrected chi connectivity index (χ0v) is 36.0. The highest BCUT2D eigenvalue weighted by molar-refractivity contribution is 7.20. The first kappa shape index (κ1) is 36.5. The van der Waals surface area contributed by atoms with E-state index in [4.69, 9.17) is 0 Å². The van der Waals surface area contributed by atoms with Crippen LogP contribution in [0.2, 0.25) is 0 Å². The highest BCUT2D eigenvalue weighted by Crippen LogP contribution is 2.41. The number of rotatable bonds is 7. The Morgan fingerprint density at radius 2 is 0.688 bits per heavy atom. The van der Waals surface area contributed by atoms with Gasteiger partial charge in [0, 0.05) is 43.7 Å². The van der Waals surface area contributed by atoms with Crippen LogP contribution < -0.4 is 20.7 Å². The predicted octanol–water partition coefficient (Wildman–Crippen LogP) is 12.4. The van der Waals surface area contributed by atoms with Crippen LogP contribution in [0.3, 0.4) is 0 Å². The molecule has 64 heavy (non-hydrogen) atoms. The van der Waals surface area contributed by atoms with Crippen molar-refractivity contribution >= 4 is 94.2 Å². The van der Waals surface area contributed by atoms with Gasteiger partial charge < -0.3 is 13.7 Å². The zero-order valence-electron chi connectivity index (χ0n) is 35.0. The number of aromatic nitrogens is 3. The molecule has 4 heteroatoms. The highest BCUT2D eigenvalue weighted by atomic mass is 28.3. The van der Waals surface area contributed by atoms with Gasteiger partial charge in [-0.3, -0.25) is 0 Å². The number of para-hydroxylation sites is 5. The van der Waals surface area contributed by atoms with Gasteiger partial charge in [0.05, 0.1) is 38.8 Å². The third-order valence-electron chi connectivity index (χ3n) is 13.6. The fourth-order valence-electron chi connectivity index (χ4n) is 10.9. The van der Waals surface area contributed by atoms with Crippen LogP contribution in [0.5, 0.6) is 0 Å². The zero-order chi connectivity index (χ0) is 42.2. The van der Waals surface area contributed by atoms with E-state index in [9.17, 15) is 0 Å². The molecular weight excluding hydrogens is 791 g/mol. The van der Waals surface area contributed by atoms with Gasteiger partial charge in [0.1, 0.15) is 0 Å². The molecule has 0 radical (unpaired) electrons. The summed E-state index contributed by atoms with van der Waals surface area (Å²) in [5, 5.41) is 12.8. The maximum atomic E-state index is 2.57. The molecule has 13 aromatic rings. The topological polar surface area (TPSA) is 14.8 Å². The molecule has 0 fully saturated rings. The van der Waals surface area contributed by atoms with Crippen molar-refractivity contribution in [2.24, 2.45) is 0 Å². The van der Waals surface area contributed by atoms with Crippen LogP contribution in [0.4, 0.5) is 0 Å². The fourth-order valence-corrected chi connectivity index (χ4v) is 15.7. The fraction of sp³-hybridized carbons (Fsp3) is 0. The van der Waals surface area contributed by atoms with Gasteiger partial charge in [0.15, 0.2) is 8.07 Å². The van der Waals surface area contributed by atoms with E-state index < -0.39 is 8.07 Å². The molecular formula is C60H41N3Si. The van der Waals surface area contributed by atoms with Crippen LogP contribution in [0, 0.1) is 0 Å². The molecule has 3 nitrogen and oxygen atoms in total. The minimum atomic E-state index is -2.87. The number of nitrogens with zero attached hydrogens (tertiary/aromatic N) is 3. The van der Waals surface area contributed by atoms with E-state index in [-0.39, 0.29) is 0 Å². The molecule has 300 valence electrons. The summed E-state index contributed by atoms with van der Waals surface area (Å²) in [5.41, 5.74) is 10.6. The average Bonchev–Trinajstić information content (AvgIpc) is 4.01. The van der Waals surface area contributed by atoms with E-state index in [1.807, 2.05) is 0 Å². The lowest BCUT2D eigenvalue weighted by Crippen LogP contribution is -2.74. The quantitative estimate of drug-likeness (QED) is 0.112. The standard InChI is InChI=1S/C60H41N3Si/c1-5-20-42(21-6-1)61-54-32-16-15-30-50(54)53-40-43(36-39-57(53)61)62-59-41-47(64(44-22-7-2-8-23-44,45-24-9-3-10-25-45)46-26-11-4-12-27-46)37-38-51(59)52-31-19-35-58(60(52)62)63-55-33-17-13-28-48(55)49-29-14-18-34-56(49)63/h1-41H. The Morgan fingerprint density at radius 1 is 0.234 bits per heavy atom. The van der Waals surface area contributed by atoms with Crippen LogP contribution in [-0.4, -0.2) is 21.8 Å². The third kappa shape index (κ3) is 5.27. The molecule has 0 amide bonds. The van der Waals surface area contributed by atoms with Crippen LogP contribution >= 0.6 is 0 Å². The molecule has 0 atom stereocenters. The van der Waals surface area contributed by atoms with E-state index in [1.54, 1.807) is 0 Å². The molecule has 0 unspecified atom stereocenters. The van der Waals surface area contributed by atoms with Gasteiger partial charge in [0.2, 0.25) is 0 Å². The van der Waals surface area contributed by atoms with Crippen molar-refractivity contribution in [1.29, 1.82) is 0 Å². The molecule has 0 aliphatic rings. The first-order chi connectivity index (χ1) is 31.8. The lowest BCUT2D eigenvalue weighted by Gasteiger charge is -2.34. The second kappa shape index (κ2) is 14.5.